The molecule has 31 heavy (non-hydrogen) atoms. The Hall–Kier alpha value is -2.10. The van der Waals surface area contributed by atoms with Crippen molar-refractivity contribution in [1.29, 1.82) is 0 Å². The number of hydrogen-bond acceptors (Lipinski definition) is 7. The Labute approximate surface area is 185 Å². The first-order chi connectivity index (χ1) is 15.1. The molecule has 0 saturated carbocycles. The van der Waals surface area contributed by atoms with Crippen molar-refractivity contribution in [2.75, 3.05) is 51.9 Å². The third kappa shape index (κ3) is 5.58. The van der Waals surface area contributed by atoms with Crippen molar-refractivity contribution in [3.8, 4) is 0 Å². The minimum absolute atomic E-state index is 0.0457. The SMILES string of the molecule is COC1C=c2ncnc(Nc3ccc(F)c(Cl)c3)c2=CC1OCCCN1CCOCC1. The summed E-state index contributed by atoms with van der Waals surface area (Å²) in [5.74, 6) is 0.130. The molecule has 1 N–H and O–H groups in total. The topological polar surface area (TPSA) is 68.7 Å². The lowest BCUT2D eigenvalue weighted by Gasteiger charge is -2.27. The number of benzene rings is 1. The van der Waals surface area contributed by atoms with Gasteiger partial charge in [0, 0.05) is 44.3 Å². The van der Waals surface area contributed by atoms with Gasteiger partial charge in [-0.05, 0) is 36.8 Å². The quantitative estimate of drug-likeness (QED) is 0.616. The largest absolute Gasteiger partial charge is 0.379 e. The third-order valence-electron chi connectivity index (χ3n) is 5.38. The van der Waals surface area contributed by atoms with Crippen molar-refractivity contribution >= 4 is 35.3 Å². The molecule has 2 aromatic rings. The summed E-state index contributed by atoms with van der Waals surface area (Å²) in [6.45, 7) is 5.13. The molecular weight excluding hydrogens is 423 g/mol. The fourth-order valence-corrected chi connectivity index (χ4v) is 3.88. The van der Waals surface area contributed by atoms with Crippen LogP contribution in [-0.4, -0.2) is 73.6 Å². The highest BCUT2D eigenvalue weighted by Gasteiger charge is 2.22. The van der Waals surface area contributed by atoms with E-state index in [9.17, 15) is 4.39 Å². The number of aromatic nitrogens is 2. The Bertz CT molecular complexity index is 1020. The minimum atomic E-state index is -0.467. The van der Waals surface area contributed by atoms with Gasteiger partial charge in [-0.2, -0.15) is 0 Å². The second-order valence-corrected chi connectivity index (χ2v) is 7.86. The van der Waals surface area contributed by atoms with Gasteiger partial charge in [0.1, 0.15) is 30.2 Å². The summed E-state index contributed by atoms with van der Waals surface area (Å²) in [6.07, 6.45) is 5.83. The van der Waals surface area contributed by atoms with Crippen LogP contribution >= 0.6 is 11.6 Å². The number of nitrogens with one attached hydrogen (secondary N) is 1. The number of halogens is 2. The molecule has 2 aliphatic rings. The fraction of sp³-hybridized carbons (Fsp3) is 0.455. The number of fused-ring (bicyclic) bond motifs is 1. The number of nitrogens with zero attached hydrogens (tertiary/aromatic N) is 3. The number of anilines is 2. The van der Waals surface area contributed by atoms with Crippen LogP contribution in [0.15, 0.2) is 24.5 Å². The zero-order valence-electron chi connectivity index (χ0n) is 17.4. The molecule has 1 aromatic carbocycles. The molecule has 9 heteroatoms. The first-order valence-electron chi connectivity index (χ1n) is 10.4. The Morgan fingerprint density at radius 3 is 2.84 bits per heavy atom. The zero-order valence-corrected chi connectivity index (χ0v) is 18.1. The van der Waals surface area contributed by atoms with E-state index in [0.29, 0.717) is 18.1 Å². The van der Waals surface area contributed by atoms with Crippen LogP contribution in [0.5, 0.6) is 0 Å². The average molecular weight is 449 g/mol. The molecule has 2 atom stereocenters. The predicted molar refractivity (Wildman–Crippen MR) is 117 cm³/mol. The Morgan fingerprint density at radius 1 is 1.23 bits per heavy atom. The van der Waals surface area contributed by atoms with Crippen molar-refractivity contribution in [2.45, 2.75) is 18.6 Å². The molecule has 1 aliphatic heterocycles. The van der Waals surface area contributed by atoms with Crippen molar-refractivity contribution in [2.24, 2.45) is 0 Å². The zero-order chi connectivity index (χ0) is 21.6. The normalized spacial score (nSPS) is 21.1. The van der Waals surface area contributed by atoms with Crippen LogP contribution in [0.2, 0.25) is 5.02 Å². The Kier molecular flexibility index (Phi) is 7.47. The maximum absolute atomic E-state index is 13.5. The summed E-state index contributed by atoms with van der Waals surface area (Å²) in [6, 6.07) is 4.45. The van der Waals surface area contributed by atoms with Gasteiger partial charge >= 0.3 is 0 Å². The van der Waals surface area contributed by atoms with Gasteiger partial charge in [-0.1, -0.05) is 11.6 Å². The van der Waals surface area contributed by atoms with Crippen LogP contribution in [0.25, 0.3) is 12.2 Å². The standard InChI is InChI=1S/C22H26ClFN4O3/c1-29-20-13-19-16(12-21(20)31-8-2-5-28-6-9-30-10-7-28)22(26-14-25-19)27-15-3-4-18(24)17(23)11-15/h3-4,11-14,20-21H,2,5-10H2,1H3,(H,25,26,27). The predicted octanol–water partition coefficient (Wildman–Crippen LogP) is 1.71. The average Bonchev–Trinajstić information content (AvgIpc) is 2.79. The highest BCUT2D eigenvalue weighted by atomic mass is 35.5. The third-order valence-corrected chi connectivity index (χ3v) is 5.67. The molecule has 2 heterocycles. The van der Waals surface area contributed by atoms with Gasteiger partial charge in [0.2, 0.25) is 0 Å². The summed E-state index contributed by atoms with van der Waals surface area (Å²) in [5, 5.41) is 4.81. The monoisotopic (exact) mass is 448 g/mol. The highest BCUT2D eigenvalue weighted by Crippen LogP contribution is 2.21. The van der Waals surface area contributed by atoms with Gasteiger partial charge in [-0.25, -0.2) is 14.4 Å². The lowest BCUT2D eigenvalue weighted by atomic mass is 10.1. The van der Waals surface area contributed by atoms with Crippen molar-refractivity contribution in [3.05, 3.63) is 45.9 Å². The summed E-state index contributed by atoms with van der Waals surface area (Å²) >= 11 is 5.90. The van der Waals surface area contributed by atoms with Crippen molar-refractivity contribution in [1.82, 2.24) is 14.9 Å². The molecule has 0 spiro atoms. The van der Waals surface area contributed by atoms with E-state index < -0.39 is 5.82 Å². The number of ether oxygens (including phenoxy) is 3. The lowest BCUT2D eigenvalue weighted by molar-refractivity contribution is -0.00396. The minimum Gasteiger partial charge on any atom is -0.379 e. The van der Waals surface area contributed by atoms with E-state index in [-0.39, 0.29) is 17.2 Å². The van der Waals surface area contributed by atoms with E-state index in [1.165, 1.54) is 18.5 Å². The van der Waals surface area contributed by atoms with E-state index in [1.807, 2.05) is 12.2 Å². The molecule has 166 valence electrons. The van der Waals surface area contributed by atoms with Crippen LogP contribution in [-0.2, 0) is 14.2 Å². The molecular formula is C22H26ClFN4O3. The summed E-state index contributed by atoms with van der Waals surface area (Å²) in [4.78, 5) is 11.1. The first-order valence-corrected chi connectivity index (χ1v) is 10.7. The molecule has 1 fully saturated rings. The second-order valence-electron chi connectivity index (χ2n) is 7.45. The van der Waals surface area contributed by atoms with Gasteiger partial charge in [0.05, 0.1) is 23.6 Å². The van der Waals surface area contributed by atoms with E-state index in [0.717, 1.165) is 49.8 Å². The maximum Gasteiger partial charge on any atom is 0.141 e. The van der Waals surface area contributed by atoms with E-state index in [4.69, 9.17) is 25.8 Å². The van der Waals surface area contributed by atoms with E-state index >= 15 is 0 Å². The number of hydrogen-bond donors (Lipinski definition) is 1. The molecule has 1 saturated heterocycles. The summed E-state index contributed by atoms with van der Waals surface area (Å²) in [7, 11) is 1.66. The summed E-state index contributed by atoms with van der Waals surface area (Å²) < 4.78 is 30.6. The molecule has 7 nitrogen and oxygen atoms in total. The molecule has 0 radical (unpaired) electrons. The Balaban J connectivity index is 1.47. The second kappa shape index (κ2) is 10.5. The van der Waals surface area contributed by atoms with Crippen LogP contribution < -0.4 is 15.9 Å². The van der Waals surface area contributed by atoms with Crippen LogP contribution in [0.3, 0.4) is 0 Å². The lowest BCUT2D eigenvalue weighted by Crippen LogP contribution is -2.43. The van der Waals surface area contributed by atoms with Gasteiger partial charge in [-0.3, -0.25) is 4.90 Å². The van der Waals surface area contributed by atoms with Crippen molar-refractivity contribution in [3.63, 3.8) is 0 Å². The van der Waals surface area contributed by atoms with Crippen molar-refractivity contribution < 1.29 is 18.6 Å². The first kappa shape index (κ1) is 22.1. The maximum atomic E-state index is 13.5. The van der Waals surface area contributed by atoms with Crippen LogP contribution in [0.4, 0.5) is 15.9 Å². The van der Waals surface area contributed by atoms with Crippen LogP contribution in [0.1, 0.15) is 6.42 Å². The van der Waals surface area contributed by atoms with Gasteiger partial charge < -0.3 is 19.5 Å². The summed E-state index contributed by atoms with van der Waals surface area (Å²) in [5.41, 5.74) is 0.637. The van der Waals surface area contributed by atoms with Crippen LogP contribution in [0, 0.1) is 5.82 Å². The molecule has 1 aliphatic carbocycles. The molecule has 1 aromatic heterocycles. The molecule has 0 amide bonds. The van der Waals surface area contributed by atoms with Gasteiger partial charge in [0.25, 0.3) is 0 Å². The van der Waals surface area contributed by atoms with E-state index in [1.54, 1.807) is 13.2 Å². The number of morpholine rings is 1. The molecule has 0 bridgehead atoms. The number of methoxy groups -OCH3 is 1. The number of rotatable bonds is 8. The van der Waals surface area contributed by atoms with Gasteiger partial charge in [0.15, 0.2) is 0 Å². The van der Waals surface area contributed by atoms with E-state index in [2.05, 4.69) is 20.2 Å². The molecule has 2 unspecified atom stereocenters. The molecule has 4 rings (SSSR count). The Morgan fingerprint density at radius 2 is 2.06 bits per heavy atom. The van der Waals surface area contributed by atoms with Gasteiger partial charge in [-0.15, -0.1) is 0 Å². The highest BCUT2D eigenvalue weighted by molar-refractivity contribution is 6.31. The fourth-order valence-electron chi connectivity index (χ4n) is 3.70. The smallest absolute Gasteiger partial charge is 0.141 e.